The summed E-state index contributed by atoms with van der Waals surface area (Å²) in [6.07, 6.45) is -4.39. The smallest absolute Gasteiger partial charge is 0.326 e. The summed E-state index contributed by atoms with van der Waals surface area (Å²) in [5, 5.41) is 2.56. The van der Waals surface area contributed by atoms with E-state index >= 15 is 0 Å². The molecule has 0 aliphatic heterocycles. The molecule has 2 aromatic rings. The van der Waals surface area contributed by atoms with Crippen molar-refractivity contribution in [3.63, 3.8) is 0 Å². The molecule has 3 nitrogen and oxygen atoms in total. The lowest BCUT2D eigenvalue weighted by Gasteiger charge is -2.10. The highest BCUT2D eigenvalue weighted by molar-refractivity contribution is 6.04. The standard InChI is InChI=1S/C16H15F3N2O.C2H6/c1-10-8-11(2-3-12(10)9-20)15(22)21-14-6-4-13(5-7-14)16(17,18)19;1-2/h2-8H,9,20H2,1H3,(H,21,22);1-2H3. The van der Waals surface area contributed by atoms with Gasteiger partial charge in [0.25, 0.3) is 5.91 Å². The van der Waals surface area contributed by atoms with E-state index in [4.69, 9.17) is 5.73 Å². The third kappa shape index (κ3) is 5.09. The summed E-state index contributed by atoms with van der Waals surface area (Å²) in [6, 6.07) is 9.40. The predicted molar refractivity (Wildman–Crippen MR) is 89.8 cm³/mol. The minimum atomic E-state index is -4.39. The molecular weight excluding hydrogens is 317 g/mol. The first-order valence-electron chi connectivity index (χ1n) is 7.59. The van der Waals surface area contributed by atoms with Crippen molar-refractivity contribution in [2.24, 2.45) is 5.73 Å². The lowest BCUT2D eigenvalue weighted by Crippen LogP contribution is -2.13. The van der Waals surface area contributed by atoms with Crippen molar-refractivity contribution in [3.05, 3.63) is 64.7 Å². The number of hydrogen-bond donors (Lipinski definition) is 2. The molecule has 0 heterocycles. The van der Waals surface area contributed by atoms with Crippen LogP contribution >= 0.6 is 0 Å². The molecule has 0 aliphatic carbocycles. The molecule has 0 bridgehead atoms. The summed E-state index contributed by atoms with van der Waals surface area (Å²) >= 11 is 0. The molecule has 0 spiro atoms. The zero-order valence-corrected chi connectivity index (χ0v) is 13.9. The molecule has 6 heteroatoms. The SMILES string of the molecule is CC.Cc1cc(C(=O)Nc2ccc(C(F)(F)F)cc2)ccc1CN. The molecular formula is C18H21F3N2O. The first-order chi connectivity index (χ1) is 11.3. The molecule has 1 amide bonds. The van der Waals surface area contributed by atoms with Crippen molar-refractivity contribution in [2.45, 2.75) is 33.5 Å². The number of carbonyl (C=O) groups excluding carboxylic acids is 1. The van der Waals surface area contributed by atoms with E-state index in [1.165, 1.54) is 12.1 Å². The summed E-state index contributed by atoms with van der Waals surface area (Å²) < 4.78 is 37.4. The van der Waals surface area contributed by atoms with Crippen molar-refractivity contribution in [1.29, 1.82) is 0 Å². The minimum absolute atomic E-state index is 0.304. The van der Waals surface area contributed by atoms with Crippen molar-refractivity contribution in [2.75, 3.05) is 5.32 Å². The summed E-state index contributed by atoms with van der Waals surface area (Å²) in [6.45, 7) is 6.23. The second kappa shape index (κ2) is 8.49. The van der Waals surface area contributed by atoms with Gasteiger partial charge in [0.05, 0.1) is 5.56 Å². The highest BCUT2D eigenvalue weighted by Gasteiger charge is 2.29. The number of benzene rings is 2. The van der Waals surface area contributed by atoms with Crippen LogP contribution in [0, 0.1) is 6.92 Å². The number of anilines is 1. The van der Waals surface area contributed by atoms with Gasteiger partial charge in [-0.25, -0.2) is 0 Å². The number of rotatable bonds is 3. The van der Waals surface area contributed by atoms with Crippen molar-refractivity contribution >= 4 is 11.6 Å². The van der Waals surface area contributed by atoms with Crippen LogP contribution in [0.4, 0.5) is 18.9 Å². The van der Waals surface area contributed by atoms with E-state index in [-0.39, 0.29) is 5.91 Å². The second-order valence-corrected chi connectivity index (χ2v) is 4.87. The summed E-state index contributed by atoms with van der Waals surface area (Å²) in [5.41, 5.74) is 7.36. The second-order valence-electron chi connectivity index (χ2n) is 4.87. The molecule has 2 rings (SSSR count). The topological polar surface area (TPSA) is 55.1 Å². The van der Waals surface area contributed by atoms with E-state index in [0.29, 0.717) is 17.8 Å². The maximum absolute atomic E-state index is 12.5. The van der Waals surface area contributed by atoms with Gasteiger partial charge in [-0.15, -0.1) is 0 Å². The maximum atomic E-state index is 12.5. The van der Waals surface area contributed by atoms with E-state index in [9.17, 15) is 18.0 Å². The zero-order valence-electron chi connectivity index (χ0n) is 13.9. The number of amides is 1. The Balaban J connectivity index is 0.00000139. The van der Waals surface area contributed by atoms with E-state index in [2.05, 4.69) is 5.32 Å². The molecule has 0 aliphatic rings. The van der Waals surface area contributed by atoms with Gasteiger partial charge in [-0.1, -0.05) is 19.9 Å². The Labute approximate surface area is 139 Å². The number of hydrogen-bond acceptors (Lipinski definition) is 2. The van der Waals surface area contributed by atoms with Gasteiger partial charge in [-0.3, -0.25) is 4.79 Å². The Morgan fingerprint density at radius 3 is 2.12 bits per heavy atom. The fourth-order valence-corrected chi connectivity index (χ4v) is 2.01. The summed E-state index contributed by atoms with van der Waals surface area (Å²) in [4.78, 5) is 12.1. The molecule has 0 atom stereocenters. The van der Waals surface area contributed by atoms with Crippen LogP contribution in [0.1, 0.15) is 40.9 Å². The largest absolute Gasteiger partial charge is 0.416 e. The van der Waals surface area contributed by atoms with Gasteiger partial charge in [-0.05, 0) is 54.4 Å². The fourth-order valence-electron chi connectivity index (χ4n) is 2.01. The van der Waals surface area contributed by atoms with Gasteiger partial charge in [0, 0.05) is 17.8 Å². The minimum Gasteiger partial charge on any atom is -0.326 e. The Kier molecular flexibility index (Phi) is 6.97. The van der Waals surface area contributed by atoms with Crippen molar-refractivity contribution < 1.29 is 18.0 Å². The van der Waals surface area contributed by atoms with Crippen molar-refractivity contribution in [1.82, 2.24) is 0 Å². The Morgan fingerprint density at radius 2 is 1.67 bits per heavy atom. The third-order valence-corrected chi connectivity index (χ3v) is 3.29. The van der Waals surface area contributed by atoms with Crippen LogP contribution in [-0.2, 0) is 12.7 Å². The van der Waals surface area contributed by atoms with Gasteiger partial charge in [0.15, 0.2) is 0 Å². The van der Waals surface area contributed by atoms with E-state index in [0.717, 1.165) is 23.3 Å². The molecule has 0 fully saturated rings. The Morgan fingerprint density at radius 1 is 1.08 bits per heavy atom. The quantitative estimate of drug-likeness (QED) is 0.848. The zero-order chi connectivity index (χ0) is 18.3. The predicted octanol–water partition coefficient (Wildman–Crippen LogP) is 4.75. The molecule has 0 saturated carbocycles. The molecule has 0 unspecified atom stereocenters. The maximum Gasteiger partial charge on any atom is 0.416 e. The summed E-state index contributed by atoms with van der Waals surface area (Å²) in [5.74, 6) is -0.383. The van der Waals surface area contributed by atoms with Crippen LogP contribution in [0.2, 0.25) is 0 Å². The summed E-state index contributed by atoms with van der Waals surface area (Å²) in [7, 11) is 0. The van der Waals surface area contributed by atoms with Gasteiger partial charge < -0.3 is 11.1 Å². The van der Waals surface area contributed by atoms with Crippen LogP contribution in [-0.4, -0.2) is 5.91 Å². The van der Waals surface area contributed by atoms with Gasteiger partial charge in [-0.2, -0.15) is 13.2 Å². The lowest BCUT2D eigenvalue weighted by atomic mass is 10.0. The molecule has 0 saturated heterocycles. The van der Waals surface area contributed by atoms with Crippen LogP contribution < -0.4 is 11.1 Å². The van der Waals surface area contributed by atoms with E-state index in [1.807, 2.05) is 20.8 Å². The fraction of sp³-hybridized carbons (Fsp3) is 0.278. The number of nitrogens with one attached hydrogen (secondary N) is 1. The molecule has 130 valence electrons. The third-order valence-electron chi connectivity index (χ3n) is 3.29. The van der Waals surface area contributed by atoms with Gasteiger partial charge >= 0.3 is 6.18 Å². The highest BCUT2D eigenvalue weighted by Crippen LogP contribution is 2.29. The van der Waals surface area contributed by atoms with Crippen LogP contribution in [0.15, 0.2) is 42.5 Å². The average Bonchev–Trinajstić information content (AvgIpc) is 2.56. The number of halogens is 3. The van der Waals surface area contributed by atoms with Crippen LogP contribution in [0.5, 0.6) is 0 Å². The van der Waals surface area contributed by atoms with E-state index in [1.54, 1.807) is 18.2 Å². The van der Waals surface area contributed by atoms with Gasteiger partial charge in [0.1, 0.15) is 0 Å². The molecule has 3 N–H and O–H groups in total. The first-order valence-corrected chi connectivity index (χ1v) is 7.59. The normalized spacial score (nSPS) is 10.6. The molecule has 24 heavy (non-hydrogen) atoms. The number of carbonyl (C=O) groups is 1. The highest BCUT2D eigenvalue weighted by atomic mass is 19.4. The lowest BCUT2D eigenvalue weighted by molar-refractivity contribution is -0.137. The monoisotopic (exact) mass is 338 g/mol. The number of alkyl halides is 3. The Hall–Kier alpha value is -2.34. The van der Waals surface area contributed by atoms with E-state index < -0.39 is 11.7 Å². The van der Waals surface area contributed by atoms with Crippen LogP contribution in [0.25, 0.3) is 0 Å². The van der Waals surface area contributed by atoms with Crippen LogP contribution in [0.3, 0.4) is 0 Å². The Bertz CT molecular complexity index is 680. The first kappa shape index (κ1) is 19.7. The molecule has 0 radical (unpaired) electrons. The number of nitrogens with two attached hydrogens (primary N) is 1. The van der Waals surface area contributed by atoms with Gasteiger partial charge in [0.2, 0.25) is 0 Å². The molecule has 2 aromatic carbocycles. The molecule has 0 aromatic heterocycles. The average molecular weight is 338 g/mol. The number of aryl methyl sites for hydroxylation is 1. The van der Waals surface area contributed by atoms with Crippen molar-refractivity contribution in [3.8, 4) is 0 Å².